The Balaban J connectivity index is 2.14. The second-order valence-corrected chi connectivity index (χ2v) is 3.92. The van der Waals surface area contributed by atoms with Crippen LogP contribution in [0.4, 0.5) is 19.1 Å². The predicted octanol–water partition coefficient (Wildman–Crippen LogP) is 1.41. The molecule has 0 unspecified atom stereocenters. The summed E-state index contributed by atoms with van der Waals surface area (Å²) in [6.07, 6.45) is -3.43. The molecule has 0 aromatic carbocycles. The SMILES string of the molecule is Cn1nnnc1NC(=S)c1ccc(C(F)(F)F)nc1. The van der Waals surface area contributed by atoms with Crippen molar-refractivity contribution >= 4 is 23.2 Å². The van der Waals surface area contributed by atoms with Crippen LogP contribution in [-0.4, -0.2) is 30.2 Å². The van der Waals surface area contributed by atoms with Crippen LogP contribution in [0.3, 0.4) is 0 Å². The lowest BCUT2D eigenvalue weighted by Crippen LogP contribution is -2.15. The van der Waals surface area contributed by atoms with Crippen molar-refractivity contribution in [2.75, 3.05) is 5.32 Å². The summed E-state index contributed by atoms with van der Waals surface area (Å²) in [5, 5.41) is 13.3. The molecule has 1 N–H and O–H groups in total. The van der Waals surface area contributed by atoms with Crippen LogP contribution in [-0.2, 0) is 13.2 Å². The van der Waals surface area contributed by atoms with Crippen molar-refractivity contribution in [1.82, 2.24) is 25.2 Å². The van der Waals surface area contributed by atoms with Crippen molar-refractivity contribution in [3.05, 3.63) is 29.6 Å². The molecule has 0 aliphatic carbocycles. The zero-order valence-electron chi connectivity index (χ0n) is 9.51. The second-order valence-electron chi connectivity index (χ2n) is 3.51. The summed E-state index contributed by atoms with van der Waals surface area (Å²) in [6, 6.07) is 2.09. The zero-order chi connectivity index (χ0) is 14.0. The number of rotatable bonds is 2. The van der Waals surface area contributed by atoms with E-state index in [1.54, 1.807) is 7.05 Å². The number of nitrogens with one attached hydrogen (secondary N) is 1. The molecule has 0 saturated heterocycles. The smallest absolute Gasteiger partial charge is 0.313 e. The summed E-state index contributed by atoms with van der Waals surface area (Å²) in [7, 11) is 1.59. The first kappa shape index (κ1) is 13.3. The molecule has 100 valence electrons. The Bertz CT molecular complexity index is 591. The maximum Gasteiger partial charge on any atom is 0.433 e. The summed E-state index contributed by atoms with van der Waals surface area (Å²) in [6.45, 7) is 0. The number of aromatic nitrogens is 5. The minimum atomic E-state index is -4.47. The van der Waals surface area contributed by atoms with Crippen LogP contribution in [0.1, 0.15) is 11.3 Å². The highest BCUT2D eigenvalue weighted by Crippen LogP contribution is 2.27. The highest BCUT2D eigenvalue weighted by atomic mass is 32.1. The molecule has 0 aliphatic rings. The number of aryl methyl sites for hydroxylation is 1. The van der Waals surface area contributed by atoms with Crippen LogP contribution in [0.2, 0.25) is 0 Å². The minimum Gasteiger partial charge on any atom is -0.313 e. The van der Waals surface area contributed by atoms with Crippen LogP contribution >= 0.6 is 12.2 Å². The largest absolute Gasteiger partial charge is 0.433 e. The van der Waals surface area contributed by atoms with E-state index in [0.717, 1.165) is 12.3 Å². The molecule has 19 heavy (non-hydrogen) atoms. The Labute approximate surface area is 110 Å². The van der Waals surface area contributed by atoms with Gasteiger partial charge in [0.25, 0.3) is 0 Å². The highest BCUT2D eigenvalue weighted by Gasteiger charge is 2.32. The third kappa shape index (κ3) is 3.02. The lowest BCUT2D eigenvalue weighted by molar-refractivity contribution is -0.141. The third-order valence-electron chi connectivity index (χ3n) is 2.16. The van der Waals surface area contributed by atoms with Gasteiger partial charge in [-0.3, -0.25) is 4.98 Å². The standard InChI is InChI=1S/C9H7F3N6S/c1-18-8(15-16-17-18)14-7(19)5-2-3-6(13-4-5)9(10,11)12/h2-4H,1H3,(H,14,15,17,19). The fraction of sp³-hybridized carbons (Fsp3) is 0.222. The van der Waals surface area contributed by atoms with E-state index in [1.807, 2.05) is 0 Å². The van der Waals surface area contributed by atoms with Crippen LogP contribution in [0.15, 0.2) is 18.3 Å². The lowest BCUT2D eigenvalue weighted by atomic mass is 10.2. The molecule has 10 heteroatoms. The number of thiocarbonyl (C=S) groups is 1. The molecule has 2 aromatic heterocycles. The Kier molecular flexibility index (Phi) is 3.42. The molecule has 2 aromatic rings. The number of nitrogens with zero attached hydrogens (tertiary/aromatic N) is 5. The molecule has 0 bridgehead atoms. The molecule has 0 spiro atoms. The predicted molar refractivity (Wildman–Crippen MR) is 63.4 cm³/mol. The molecule has 6 nitrogen and oxygen atoms in total. The van der Waals surface area contributed by atoms with Crippen LogP contribution in [0.25, 0.3) is 0 Å². The Morgan fingerprint density at radius 1 is 1.37 bits per heavy atom. The maximum atomic E-state index is 12.3. The van der Waals surface area contributed by atoms with Crippen molar-refractivity contribution in [2.24, 2.45) is 7.05 Å². The topological polar surface area (TPSA) is 68.5 Å². The summed E-state index contributed by atoms with van der Waals surface area (Å²) < 4.78 is 38.4. The number of hydrogen-bond donors (Lipinski definition) is 1. The Morgan fingerprint density at radius 3 is 2.58 bits per heavy atom. The van der Waals surface area contributed by atoms with E-state index in [0.29, 0.717) is 5.56 Å². The number of halogens is 3. The van der Waals surface area contributed by atoms with Crippen molar-refractivity contribution in [3.8, 4) is 0 Å². The third-order valence-corrected chi connectivity index (χ3v) is 2.50. The molecule has 0 fully saturated rings. The summed E-state index contributed by atoms with van der Waals surface area (Å²) >= 11 is 5.02. The molecule has 0 saturated carbocycles. The molecule has 0 aliphatic heterocycles. The van der Waals surface area contributed by atoms with E-state index in [9.17, 15) is 13.2 Å². The van der Waals surface area contributed by atoms with E-state index in [2.05, 4.69) is 25.8 Å². The van der Waals surface area contributed by atoms with Gasteiger partial charge in [0.2, 0.25) is 5.95 Å². The molecule has 0 atom stereocenters. The van der Waals surface area contributed by atoms with Crippen LogP contribution in [0.5, 0.6) is 0 Å². The molecule has 0 amide bonds. The number of alkyl halides is 3. The number of anilines is 1. The van der Waals surface area contributed by atoms with Gasteiger partial charge in [-0.1, -0.05) is 17.3 Å². The van der Waals surface area contributed by atoms with Gasteiger partial charge in [0.05, 0.1) is 0 Å². The second kappa shape index (κ2) is 4.88. The van der Waals surface area contributed by atoms with E-state index in [4.69, 9.17) is 12.2 Å². The van der Waals surface area contributed by atoms with Gasteiger partial charge in [-0.25, -0.2) is 4.68 Å². The van der Waals surface area contributed by atoms with Gasteiger partial charge in [-0.2, -0.15) is 13.2 Å². The maximum absolute atomic E-state index is 12.3. The van der Waals surface area contributed by atoms with Gasteiger partial charge in [-0.15, -0.1) is 0 Å². The number of tetrazole rings is 1. The van der Waals surface area contributed by atoms with E-state index in [-0.39, 0.29) is 10.9 Å². The monoisotopic (exact) mass is 288 g/mol. The molecular formula is C9H7F3N6S. The van der Waals surface area contributed by atoms with Crippen LogP contribution < -0.4 is 5.32 Å². The average molecular weight is 288 g/mol. The van der Waals surface area contributed by atoms with Crippen molar-refractivity contribution in [3.63, 3.8) is 0 Å². The van der Waals surface area contributed by atoms with E-state index >= 15 is 0 Å². The first-order chi connectivity index (χ1) is 8.88. The fourth-order valence-electron chi connectivity index (χ4n) is 1.20. The van der Waals surface area contributed by atoms with Gasteiger partial charge in [0.15, 0.2) is 0 Å². The van der Waals surface area contributed by atoms with Gasteiger partial charge in [-0.05, 0) is 22.6 Å². The van der Waals surface area contributed by atoms with Gasteiger partial charge >= 0.3 is 6.18 Å². The quantitative estimate of drug-likeness (QED) is 0.843. The molecule has 2 rings (SSSR count). The normalized spacial score (nSPS) is 11.4. The lowest BCUT2D eigenvalue weighted by Gasteiger charge is -2.08. The zero-order valence-corrected chi connectivity index (χ0v) is 10.3. The van der Waals surface area contributed by atoms with Gasteiger partial charge in [0, 0.05) is 18.8 Å². The first-order valence-corrected chi connectivity index (χ1v) is 5.35. The molecular weight excluding hydrogens is 281 g/mol. The van der Waals surface area contributed by atoms with Crippen LogP contribution in [0, 0.1) is 0 Å². The minimum absolute atomic E-state index is 0.180. The molecule has 2 heterocycles. The van der Waals surface area contributed by atoms with E-state index < -0.39 is 11.9 Å². The van der Waals surface area contributed by atoms with Crippen molar-refractivity contribution in [2.45, 2.75) is 6.18 Å². The first-order valence-electron chi connectivity index (χ1n) is 4.95. The van der Waals surface area contributed by atoms with Crippen molar-refractivity contribution in [1.29, 1.82) is 0 Å². The van der Waals surface area contributed by atoms with Gasteiger partial charge < -0.3 is 5.32 Å². The summed E-state index contributed by atoms with van der Waals surface area (Å²) in [5.74, 6) is 0.282. The number of pyridine rings is 1. The number of hydrogen-bond acceptors (Lipinski definition) is 5. The van der Waals surface area contributed by atoms with Gasteiger partial charge in [0.1, 0.15) is 10.7 Å². The molecule has 0 radical (unpaired) electrons. The summed E-state index contributed by atoms with van der Waals surface area (Å²) in [4.78, 5) is 3.49. The van der Waals surface area contributed by atoms with Crippen molar-refractivity contribution < 1.29 is 13.2 Å². The van der Waals surface area contributed by atoms with E-state index in [1.165, 1.54) is 10.7 Å². The Morgan fingerprint density at radius 2 is 2.11 bits per heavy atom. The Hall–Kier alpha value is -2.10. The fourth-order valence-corrected chi connectivity index (χ4v) is 1.42. The summed E-state index contributed by atoms with van der Waals surface area (Å²) in [5.41, 5.74) is -0.634. The average Bonchev–Trinajstić information content (AvgIpc) is 2.74. The highest BCUT2D eigenvalue weighted by molar-refractivity contribution is 7.81.